The average molecular weight is 262 g/mol. The number of anilines is 1. The topological polar surface area (TPSA) is 103 Å². The smallest absolute Gasteiger partial charge is 0.354 e. The van der Waals surface area contributed by atoms with Crippen molar-refractivity contribution in [2.24, 2.45) is 7.05 Å². The standard InChI is InChI=1S/C12H14N4O3/c1-6-10(7(2)16(3)15-6)19-11-8(13)4-5-9(14-11)12(17)18/h4-5H,13H2,1-3H3,(H,17,18). The number of rotatable bonds is 3. The number of nitrogens with two attached hydrogens (primary N) is 1. The van der Waals surface area contributed by atoms with E-state index in [0.717, 1.165) is 5.69 Å². The van der Waals surface area contributed by atoms with Crippen LogP contribution in [0.4, 0.5) is 5.69 Å². The third kappa shape index (κ3) is 2.35. The predicted octanol–water partition coefficient (Wildman–Crippen LogP) is 1.50. The van der Waals surface area contributed by atoms with Crippen LogP contribution in [-0.4, -0.2) is 25.8 Å². The molecule has 0 bridgehead atoms. The van der Waals surface area contributed by atoms with Crippen molar-refractivity contribution in [3.05, 3.63) is 29.2 Å². The first kappa shape index (κ1) is 12.9. The van der Waals surface area contributed by atoms with E-state index in [2.05, 4.69) is 10.1 Å². The summed E-state index contributed by atoms with van der Waals surface area (Å²) < 4.78 is 7.27. The van der Waals surface area contributed by atoms with Crippen molar-refractivity contribution < 1.29 is 14.6 Å². The van der Waals surface area contributed by atoms with E-state index in [4.69, 9.17) is 15.6 Å². The normalized spacial score (nSPS) is 10.5. The predicted molar refractivity (Wildman–Crippen MR) is 68.4 cm³/mol. The Bertz CT molecular complexity index is 649. The van der Waals surface area contributed by atoms with Crippen LogP contribution in [0.15, 0.2) is 12.1 Å². The van der Waals surface area contributed by atoms with E-state index in [1.807, 2.05) is 6.92 Å². The molecule has 0 spiro atoms. The average Bonchev–Trinajstić information content (AvgIpc) is 2.58. The molecule has 0 aliphatic heterocycles. The van der Waals surface area contributed by atoms with Gasteiger partial charge in [-0.1, -0.05) is 0 Å². The number of pyridine rings is 1. The van der Waals surface area contributed by atoms with Crippen molar-refractivity contribution in [3.63, 3.8) is 0 Å². The van der Waals surface area contributed by atoms with Gasteiger partial charge in [0.2, 0.25) is 5.88 Å². The molecule has 0 aromatic carbocycles. The molecule has 0 aliphatic carbocycles. The molecule has 2 heterocycles. The molecule has 0 unspecified atom stereocenters. The molecule has 7 heteroatoms. The lowest BCUT2D eigenvalue weighted by atomic mass is 10.3. The number of carboxylic acid groups (broad SMARTS) is 1. The molecule has 0 saturated carbocycles. The maximum absolute atomic E-state index is 10.9. The van der Waals surface area contributed by atoms with Gasteiger partial charge in [-0.25, -0.2) is 9.78 Å². The molecule has 0 atom stereocenters. The van der Waals surface area contributed by atoms with Gasteiger partial charge in [0.1, 0.15) is 5.69 Å². The highest BCUT2D eigenvalue weighted by molar-refractivity contribution is 5.86. The van der Waals surface area contributed by atoms with Crippen molar-refractivity contribution in [3.8, 4) is 11.6 Å². The maximum Gasteiger partial charge on any atom is 0.354 e. The molecule has 2 aromatic rings. The summed E-state index contributed by atoms with van der Waals surface area (Å²) >= 11 is 0. The number of ether oxygens (including phenoxy) is 1. The summed E-state index contributed by atoms with van der Waals surface area (Å²) in [6, 6.07) is 2.78. The number of nitrogens with zero attached hydrogens (tertiary/aromatic N) is 3. The largest absolute Gasteiger partial charge is 0.477 e. The van der Waals surface area contributed by atoms with E-state index in [-0.39, 0.29) is 17.3 Å². The van der Waals surface area contributed by atoms with Crippen LogP contribution in [0.3, 0.4) is 0 Å². The molecular formula is C12H14N4O3. The number of nitrogen functional groups attached to an aromatic ring is 1. The van der Waals surface area contributed by atoms with Crippen molar-refractivity contribution >= 4 is 11.7 Å². The number of hydrogen-bond donors (Lipinski definition) is 2. The third-order valence-electron chi connectivity index (χ3n) is 2.75. The van der Waals surface area contributed by atoms with Gasteiger partial charge >= 0.3 is 5.97 Å². The molecule has 3 N–H and O–H groups in total. The van der Waals surface area contributed by atoms with E-state index in [9.17, 15) is 4.79 Å². The van der Waals surface area contributed by atoms with E-state index in [1.54, 1.807) is 18.7 Å². The minimum atomic E-state index is -1.13. The van der Waals surface area contributed by atoms with Gasteiger partial charge < -0.3 is 15.6 Å². The van der Waals surface area contributed by atoms with Crippen molar-refractivity contribution in [1.82, 2.24) is 14.8 Å². The van der Waals surface area contributed by atoms with Gasteiger partial charge in [0.15, 0.2) is 11.4 Å². The molecule has 7 nitrogen and oxygen atoms in total. The number of aromatic nitrogens is 3. The Morgan fingerprint density at radius 3 is 2.63 bits per heavy atom. The van der Waals surface area contributed by atoms with Gasteiger partial charge in [0.25, 0.3) is 0 Å². The van der Waals surface area contributed by atoms with Crippen LogP contribution in [-0.2, 0) is 7.05 Å². The van der Waals surface area contributed by atoms with Crippen LogP contribution in [0.2, 0.25) is 0 Å². The van der Waals surface area contributed by atoms with E-state index in [0.29, 0.717) is 11.4 Å². The first-order valence-corrected chi connectivity index (χ1v) is 5.58. The molecular weight excluding hydrogens is 248 g/mol. The first-order chi connectivity index (χ1) is 8.90. The zero-order chi connectivity index (χ0) is 14.2. The number of carboxylic acids is 1. The Morgan fingerprint density at radius 1 is 1.42 bits per heavy atom. The number of aromatic carboxylic acids is 1. The fourth-order valence-electron chi connectivity index (χ4n) is 1.65. The Kier molecular flexibility index (Phi) is 3.12. The molecule has 0 radical (unpaired) electrons. The van der Waals surface area contributed by atoms with Crippen LogP contribution < -0.4 is 10.5 Å². The summed E-state index contributed by atoms with van der Waals surface area (Å²) in [7, 11) is 1.79. The van der Waals surface area contributed by atoms with Gasteiger partial charge in [-0.3, -0.25) is 4.68 Å². The SMILES string of the molecule is Cc1nn(C)c(C)c1Oc1nc(C(=O)O)ccc1N. The van der Waals surface area contributed by atoms with Gasteiger partial charge in [-0.2, -0.15) is 5.10 Å². The fourth-order valence-corrected chi connectivity index (χ4v) is 1.65. The van der Waals surface area contributed by atoms with Gasteiger partial charge in [-0.15, -0.1) is 0 Å². The summed E-state index contributed by atoms with van der Waals surface area (Å²) in [4.78, 5) is 14.8. The second-order valence-corrected chi connectivity index (χ2v) is 4.12. The van der Waals surface area contributed by atoms with E-state index >= 15 is 0 Å². The van der Waals surface area contributed by atoms with Crippen molar-refractivity contribution in [2.75, 3.05) is 5.73 Å². The second kappa shape index (κ2) is 4.60. The van der Waals surface area contributed by atoms with E-state index < -0.39 is 5.97 Å². The highest BCUT2D eigenvalue weighted by atomic mass is 16.5. The lowest BCUT2D eigenvalue weighted by molar-refractivity contribution is 0.0689. The molecule has 2 rings (SSSR count). The second-order valence-electron chi connectivity index (χ2n) is 4.12. The first-order valence-electron chi connectivity index (χ1n) is 5.58. The van der Waals surface area contributed by atoms with Crippen LogP contribution in [0, 0.1) is 13.8 Å². The summed E-state index contributed by atoms with van der Waals surface area (Å²) in [5.74, 6) is -0.534. The molecule has 0 saturated heterocycles. The summed E-state index contributed by atoms with van der Waals surface area (Å²) in [5, 5.41) is 13.1. The highest BCUT2D eigenvalue weighted by Crippen LogP contribution is 2.30. The number of hydrogen-bond acceptors (Lipinski definition) is 5. The molecule has 2 aromatic heterocycles. The Morgan fingerprint density at radius 2 is 2.11 bits per heavy atom. The Hall–Kier alpha value is -2.57. The fraction of sp³-hybridized carbons (Fsp3) is 0.250. The molecule has 0 aliphatic rings. The maximum atomic E-state index is 10.9. The zero-order valence-corrected chi connectivity index (χ0v) is 10.8. The molecule has 0 amide bonds. The summed E-state index contributed by atoms with van der Waals surface area (Å²) in [6.07, 6.45) is 0. The van der Waals surface area contributed by atoms with Gasteiger partial charge in [0, 0.05) is 7.05 Å². The molecule has 19 heavy (non-hydrogen) atoms. The monoisotopic (exact) mass is 262 g/mol. The van der Waals surface area contributed by atoms with E-state index in [1.165, 1.54) is 12.1 Å². The van der Waals surface area contributed by atoms with Gasteiger partial charge in [-0.05, 0) is 26.0 Å². The molecule has 100 valence electrons. The number of carbonyl (C=O) groups is 1. The quantitative estimate of drug-likeness (QED) is 0.868. The number of aryl methyl sites for hydroxylation is 2. The van der Waals surface area contributed by atoms with Crippen LogP contribution in [0.25, 0.3) is 0 Å². The summed E-state index contributed by atoms with van der Waals surface area (Å²) in [6.45, 7) is 3.63. The Balaban J connectivity index is 2.43. The van der Waals surface area contributed by atoms with Crippen LogP contribution in [0.1, 0.15) is 21.9 Å². The van der Waals surface area contributed by atoms with Gasteiger partial charge in [0.05, 0.1) is 11.4 Å². The lowest BCUT2D eigenvalue weighted by Crippen LogP contribution is -2.04. The summed E-state index contributed by atoms with van der Waals surface area (Å²) in [5.41, 5.74) is 7.37. The Labute approximate surface area is 109 Å². The van der Waals surface area contributed by atoms with Crippen molar-refractivity contribution in [2.45, 2.75) is 13.8 Å². The van der Waals surface area contributed by atoms with Crippen LogP contribution in [0.5, 0.6) is 11.6 Å². The van der Waals surface area contributed by atoms with Crippen LogP contribution >= 0.6 is 0 Å². The van der Waals surface area contributed by atoms with Crippen molar-refractivity contribution in [1.29, 1.82) is 0 Å². The minimum Gasteiger partial charge on any atom is -0.477 e. The third-order valence-corrected chi connectivity index (χ3v) is 2.75. The highest BCUT2D eigenvalue weighted by Gasteiger charge is 2.16. The lowest BCUT2D eigenvalue weighted by Gasteiger charge is -2.08. The molecule has 0 fully saturated rings. The minimum absolute atomic E-state index is 0.0686. The zero-order valence-electron chi connectivity index (χ0n) is 10.8.